The second-order valence-corrected chi connectivity index (χ2v) is 6.77. The number of ether oxygens (including phenoxy) is 1. The monoisotopic (exact) mass is 333 g/mol. The first-order valence-corrected chi connectivity index (χ1v) is 8.46. The number of methoxy groups -OCH3 is 1. The topological polar surface area (TPSA) is 76.1 Å². The van der Waals surface area contributed by atoms with Crippen molar-refractivity contribution in [2.24, 2.45) is 0 Å². The fourth-order valence-electron chi connectivity index (χ4n) is 2.67. The van der Waals surface area contributed by atoms with Crippen LogP contribution in [-0.4, -0.2) is 28.6 Å². The molecule has 1 atom stereocenters. The minimum Gasteiger partial charge on any atom is -0.497 e. The molecular formula is C16H19N3O3S. The van der Waals surface area contributed by atoms with E-state index in [2.05, 4.69) is 10.4 Å². The van der Waals surface area contributed by atoms with Gasteiger partial charge >= 0.3 is 0 Å². The molecule has 1 amide bonds. The molecule has 0 bridgehead atoms. The summed E-state index contributed by atoms with van der Waals surface area (Å²) in [6, 6.07) is 7.64. The lowest BCUT2D eigenvalue weighted by molar-refractivity contribution is -0.113. The van der Waals surface area contributed by atoms with E-state index >= 15 is 0 Å². The van der Waals surface area contributed by atoms with Crippen LogP contribution in [0.2, 0.25) is 0 Å². The second kappa shape index (κ2) is 6.16. The van der Waals surface area contributed by atoms with E-state index in [1.807, 2.05) is 38.1 Å². The summed E-state index contributed by atoms with van der Waals surface area (Å²) in [7, 11) is 1.61. The average Bonchev–Trinajstić information content (AvgIpc) is 2.75. The number of carbonyl (C=O) groups excluding carboxylic acids is 1. The highest BCUT2D eigenvalue weighted by atomic mass is 32.2. The van der Waals surface area contributed by atoms with E-state index in [9.17, 15) is 9.59 Å². The van der Waals surface area contributed by atoms with Gasteiger partial charge in [-0.3, -0.25) is 19.4 Å². The van der Waals surface area contributed by atoms with Gasteiger partial charge in [0.2, 0.25) is 5.91 Å². The van der Waals surface area contributed by atoms with Crippen LogP contribution in [0.3, 0.4) is 0 Å². The highest BCUT2D eigenvalue weighted by Gasteiger charge is 2.30. The molecule has 0 saturated carbocycles. The predicted octanol–water partition coefficient (Wildman–Crippen LogP) is 2.54. The number of hydrogen-bond acceptors (Lipinski definition) is 4. The summed E-state index contributed by atoms with van der Waals surface area (Å²) in [5.41, 5.74) is 1.41. The Morgan fingerprint density at radius 3 is 2.57 bits per heavy atom. The number of aromatic amines is 1. The average molecular weight is 333 g/mol. The summed E-state index contributed by atoms with van der Waals surface area (Å²) in [6.07, 6.45) is 0. The number of hydrogen-bond donors (Lipinski definition) is 2. The van der Waals surface area contributed by atoms with Gasteiger partial charge in [0.25, 0.3) is 5.56 Å². The van der Waals surface area contributed by atoms with E-state index < -0.39 is 0 Å². The maximum atomic E-state index is 12.5. The molecule has 2 heterocycles. The third kappa shape index (κ3) is 2.88. The lowest BCUT2D eigenvalue weighted by atomic mass is 10.1. The number of aromatic nitrogens is 2. The normalized spacial score (nSPS) is 17.6. The van der Waals surface area contributed by atoms with E-state index in [1.54, 1.807) is 11.8 Å². The Morgan fingerprint density at radius 1 is 1.26 bits per heavy atom. The quantitative estimate of drug-likeness (QED) is 0.905. The number of rotatable bonds is 3. The maximum Gasteiger partial charge on any atom is 0.270 e. The fraction of sp³-hybridized carbons (Fsp3) is 0.375. The van der Waals surface area contributed by atoms with Crippen molar-refractivity contribution < 1.29 is 9.53 Å². The Balaban J connectivity index is 2.12. The molecule has 1 aliphatic heterocycles. The van der Waals surface area contributed by atoms with E-state index in [1.165, 1.54) is 11.8 Å². The molecule has 0 fully saturated rings. The largest absolute Gasteiger partial charge is 0.497 e. The number of amides is 1. The van der Waals surface area contributed by atoms with Crippen LogP contribution < -0.4 is 15.6 Å². The van der Waals surface area contributed by atoms with Crippen LogP contribution in [0.15, 0.2) is 29.1 Å². The highest BCUT2D eigenvalue weighted by molar-refractivity contribution is 8.00. The molecule has 3 rings (SSSR count). The van der Waals surface area contributed by atoms with Gasteiger partial charge in [0.05, 0.1) is 23.7 Å². The molecule has 0 saturated heterocycles. The van der Waals surface area contributed by atoms with Gasteiger partial charge in [-0.1, -0.05) is 12.1 Å². The summed E-state index contributed by atoms with van der Waals surface area (Å²) in [6.45, 7) is 3.92. The third-order valence-corrected chi connectivity index (χ3v) is 5.07. The number of fused-ring (bicyclic) bond motifs is 1. The Labute approximate surface area is 138 Å². The van der Waals surface area contributed by atoms with Crippen molar-refractivity contribution in [3.8, 4) is 5.75 Å². The van der Waals surface area contributed by atoms with Crippen molar-refractivity contribution in [3.63, 3.8) is 0 Å². The first-order chi connectivity index (χ1) is 11.0. The third-order valence-electron chi connectivity index (χ3n) is 3.80. The van der Waals surface area contributed by atoms with Crippen molar-refractivity contribution in [1.82, 2.24) is 9.78 Å². The Morgan fingerprint density at radius 2 is 1.96 bits per heavy atom. The summed E-state index contributed by atoms with van der Waals surface area (Å²) in [5, 5.41) is 5.50. The van der Waals surface area contributed by atoms with Crippen molar-refractivity contribution in [1.29, 1.82) is 0 Å². The predicted molar refractivity (Wildman–Crippen MR) is 91.4 cm³/mol. The highest BCUT2D eigenvalue weighted by Crippen LogP contribution is 2.40. The minimum atomic E-state index is -0.196. The molecule has 6 nitrogen and oxygen atoms in total. The van der Waals surface area contributed by atoms with E-state index in [4.69, 9.17) is 4.74 Å². The van der Waals surface area contributed by atoms with Gasteiger partial charge in [-0.05, 0) is 31.5 Å². The molecule has 2 N–H and O–H groups in total. The van der Waals surface area contributed by atoms with Gasteiger partial charge in [-0.25, -0.2) is 0 Å². The van der Waals surface area contributed by atoms with E-state index in [0.29, 0.717) is 17.1 Å². The van der Waals surface area contributed by atoms with E-state index in [0.717, 1.165) is 11.3 Å². The molecule has 7 heteroatoms. The molecule has 122 valence electrons. The van der Waals surface area contributed by atoms with Crippen molar-refractivity contribution >= 4 is 23.5 Å². The van der Waals surface area contributed by atoms with Crippen LogP contribution in [0, 0.1) is 0 Å². The zero-order chi connectivity index (χ0) is 16.6. The Hall–Kier alpha value is -2.15. The zero-order valence-electron chi connectivity index (χ0n) is 13.3. The van der Waals surface area contributed by atoms with Gasteiger partial charge in [0.1, 0.15) is 11.6 Å². The van der Waals surface area contributed by atoms with Gasteiger partial charge in [-0.15, -0.1) is 11.8 Å². The molecule has 0 unspecified atom stereocenters. The summed E-state index contributed by atoms with van der Waals surface area (Å²) >= 11 is 1.45. The molecule has 1 aliphatic rings. The van der Waals surface area contributed by atoms with Crippen molar-refractivity contribution in [2.75, 3.05) is 18.2 Å². The molecule has 0 radical (unpaired) electrons. The first kappa shape index (κ1) is 15.7. The Bertz CT molecular complexity index is 777. The molecule has 2 aromatic rings. The molecule has 23 heavy (non-hydrogen) atoms. The second-order valence-electron chi connectivity index (χ2n) is 5.68. The zero-order valence-corrected chi connectivity index (χ0v) is 14.1. The summed E-state index contributed by atoms with van der Waals surface area (Å²) in [4.78, 5) is 24.5. The van der Waals surface area contributed by atoms with Crippen LogP contribution >= 0.6 is 11.8 Å². The lowest BCUT2D eigenvalue weighted by Crippen LogP contribution is -2.17. The lowest BCUT2D eigenvalue weighted by Gasteiger charge is -2.15. The number of nitrogens with zero attached hydrogens (tertiary/aromatic N) is 1. The summed E-state index contributed by atoms with van der Waals surface area (Å²) in [5.74, 6) is 1.54. The number of H-pyrrole nitrogens is 1. The molecular weight excluding hydrogens is 314 g/mol. The molecule has 1 aromatic heterocycles. The number of benzene rings is 1. The molecule has 0 aliphatic carbocycles. The first-order valence-electron chi connectivity index (χ1n) is 7.41. The number of anilines is 1. The van der Waals surface area contributed by atoms with Crippen LogP contribution in [0.4, 0.5) is 5.82 Å². The number of thioether (sulfide) groups is 1. The number of carbonyl (C=O) groups is 1. The van der Waals surface area contributed by atoms with Gasteiger partial charge in [0, 0.05) is 6.04 Å². The molecule has 0 spiro atoms. The van der Waals surface area contributed by atoms with Crippen molar-refractivity contribution in [3.05, 3.63) is 45.7 Å². The molecule has 1 aromatic carbocycles. The van der Waals surface area contributed by atoms with Gasteiger partial charge in [0.15, 0.2) is 0 Å². The SMILES string of the molecule is COc1ccc([C@H]2SCC(=O)Nc3c2c(=O)[nH]n3C(C)C)cc1. The van der Waals surface area contributed by atoms with Crippen LogP contribution in [0.25, 0.3) is 0 Å². The van der Waals surface area contributed by atoms with Gasteiger partial charge < -0.3 is 10.1 Å². The van der Waals surface area contributed by atoms with Crippen LogP contribution in [0.5, 0.6) is 5.75 Å². The van der Waals surface area contributed by atoms with Crippen LogP contribution in [0.1, 0.15) is 36.3 Å². The van der Waals surface area contributed by atoms with Crippen LogP contribution in [-0.2, 0) is 4.79 Å². The standard InChI is InChI=1S/C16H19N3O3S/c1-9(2)19-15-13(16(21)18-19)14(23-8-12(20)17-15)10-4-6-11(22-3)7-5-10/h4-7,9,14H,8H2,1-3H3,(H,17,20)(H,18,21)/t14-/m1/s1. The smallest absolute Gasteiger partial charge is 0.270 e. The number of nitrogens with one attached hydrogen (secondary N) is 2. The fourth-order valence-corrected chi connectivity index (χ4v) is 3.80. The van der Waals surface area contributed by atoms with E-state index in [-0.39, 0.29) is 22.8 Å². The maximum absolute atomic E-state index is 12.5. The minimum absolute atomic E-state index is 0.0476. The Kier molecular flexibility index (Phi) is 4.21. The van der Waals surface area contributed by atoms with Crippen molar-refractivity contribution in [2.45, 2.75) is 25.1 Å². The summed E-state index contributed by atoms with van der Waals surface area (Å²) < 4.78 is 6.90. The van der Waals surface area contributed by atoms with Gasteiger partial charge in [-0.2, -0.15) is 0 Å².